The summed E-state index contributed by atoms with van der Waals surface area (Å²) in [7, 11) is 0. The lowest BCUT2D eigenvalue weighted by Gasteiger charge is -2.30. The molecule has 1 unspecified atom stereocenters. The first-order valence-corrected chi connectivity index (χ1v) is 5.65. The van der Waals surface area contributed by atoms with E-state index < -0.39 is 0 Å². The first kappa shape index (κ1) is 11.4. The van der Waals surface area contributed by atoms with Crippen molar-refractivity contribution < 1.29 is 9.50 Å². The van der Waals surface area contributed by atoms with Crippen molar-refractivity contribution >= 4 is 5.69 Å². The molecule has 0 radical (unpaired) electrons. The van der Waals surface area contributed by atoms with Crippen LogP contribution in [-0.4, -0.2) is 37.4 Å². The Bertz CT molecular complexity index is 346. The van der Waals surface area contributed by atoms with Crippen LogP contribution in [-0.2, 0) is 0 Å². The lowest BCUT2D eigenvalue weighted by molar-refractivity contribution is 0.259. The molecule has 3 nitrogen and oxygen atoms in total. The molecule has 88 valence electrons. The van der Waals surface area contributed by atoms with Crippen LogP contribution in [0, 0.1) is 5.82 Å². The molecule has 1 aromatic rings. The van der Waals surface area contributed by atoms with Gasteiger partial charge in [0.1, 0.15) is 5.82 Å². The number of aliphatic hydroxyl groups excluding tert-OH is 1. The summed E-state index contributed by atoms with van der Waals surface area (Å²) in [5.41, 5.74) is 0.588. The maximum Gasteiger partial charge on any atom is 0.146 e. The highest BCUT2D eigenvalue weighted by molar-refractivity contribution is 5.49. The summed E-state index contributed by atoms with van der Waals surface area (Å²) in [6.45, 7) is 2.44. The Morgan fingerprint density at radius 2 is 2.25 bits per heavy atom. The molecule has 1 aliphatic heterocycles. The predicted molar refractivity (Wildman–Crippen MR) is 62.1 cm³/mol. The van der Waals surface area contributed by atoms with Crippen LogP contribution in [0.15, 0.2) is 24.3 Å². The van der Waals surface area contributed by atoms with E-state index in [1.165, 1.54) is 6.07 Å². The fourth-order valence-electron chi connectivity index (χ4n) is 2.10. The SMILES string of the molecule is OCC1CNCCCN1c1ccccc1F. The van der Waals surface area contributed by atoms with E-state index in [4.69, 9.17) is 0 Å². The molecule has 2 rings (SSSR count). The highest BCUT2D eigenvalue weighted by Gasteiger charge is 2.22. The Balaban J connectivity index is 2.25. The molecule has 0 bridgehead atoms. The Kier molecular flexibility index (Phi) is 3.74. The van der Waals surface area contributed by atoms with Gasteiger partial charge in [0.2, 0.25) is 0 Å². The number of hydrogen-bond donors (Lipinski definition) is 2. The third kappa shape index (κ3) is 2.33. The van der Waals surface area contributed by atoms with Gasteiger partial charge in [0.15, 0.2) is 0 Å². The van der Waals surface area contributed by atoms with Gasteiger partial charge in [0, 0.05) is 13.1 Å². The third-order valence-corrected chi connectivity index (χ3v) is 2.95. The molecule has 1 aromatic carbocycles. The van der Waals surface area contributed by atoms with Crippen molar-refractivity contribution in [2.45, 2.75) is 12.5 Å². The van der Waals surface area contributed by atoms with Crippen LogP contribution < -0.4 is 10.2 Å². The lowest BCUT2D eigenvalue weighted by Crippen LogP contribution is -2.42. The van der Waals surface area contributed by atoms with Crippen LogP contribution in [0.1, 0.15) is 6.42 Å². The molecule has 0 saturated carbocycles. The topological polar surface area (TPSA) is 35.5 Å². The number of hydrogen-bond acceptors (Lipinski definition) is 3. The van der Waals surface area contributed by atoms with Crippen LogP contribution in [0.2, 0.25) is 0 Å². The first-order valence-electron chi connectivity index (χ1n) is 5.65. The fourth-order valence-corrected chi connectivity index (χ4v) is 2.10. The maximum atomic E-state index is 13.7. The molecule has 0 aromatic heterocycles. The maximum absolute atomic E-state index is 13.7. The second kappa shape index (κ2) is 5.27. The molecule has 16 heavy (non-hydrogen) atoms. The quantitative estimate of drug-likeness (QED) is 0.786. The minimum absolute atomic E-state index is 0.0422. The summed E-state index contributed by atoms with van der Waals surface area (Å²) in [6.07, 6.45) is 0.963. The second-order valence-electron chi connectivity index (χ2n) is 4.04. The molecule has 1 heterocycles. The Labute approximate surface area is 94.9 Å². The Morgan fingerprint density at radius 3 is 3.00 bits per heavy atom. The Hall–Kier alpha value is -1.13. The van der Waals surface area contributed by atoms with Crippen LogP contribution in [0.25, 0.3) is 0 Å². The van der Waals surface area contributed by atoms with E-state index in [0.29, 0.717) is 12.2 Å². The van der Waals surface area contributed by atoms with Crippen molar-refractivity contribution in [3.8, 4) is 0 Å². The standard InChI is InChI=1S/C12H17FN2O/c13-11-4-1-2-5-12(11)15-7-3-6-14-8-10(15)9-16/h1-2,4-5,10,14,16H,3,6-9H2. The monoisotopic (exact) mass is 224 g/mol. The van der Waals surface area contributed by atoms with Crippen molar-refractivity contribution in [2.24, 2.45) is 0 Å². The number of aliphatic hydroxyl groups is 1. The molecule has 1 atom stereocenters. The molecule has 1 aliphatic rings. The zero-order valence-corrected chi connectivity index (χ0v) is 9.19. The largest absolute Gasteiger partial charge is 0.394 e. The van der Waals surface area contributed by atoms with E-state index >= 15 is 0 Å². The highest BCUT2D eigenvalue weighted by atomic mass is 19.1. The normalized spacial score (nSPS) is 21.9. The molecule has 0 spiro atoms. The summed E-state index contributed by atoms with van der Waals surface area (Å²) < 4.78 is 13.7. The molecule has 0 aliphatic carbocycles. The summed E-state index contributed by atoms with van der Waals surface area (Å²) >= 11 is 0. The first-order chi connectivity index (χ1) is 7.83. The second-order valence-corrected chi connectivity index (χ2v) is 4.04. The Morgan fingerprint density at radius 1 is 1.44 bits per heavy atom. The molecule has 1 saturated heterocycles. The van der Waals surface area contributed by atoms with Crippen molar-refractivity contribution in [3.63, 3.8) is 0 Å². The van der Waals surface area contributed by atoms with Gasteiger partial charge >= 0.3 is 0 Å². The zero-order valence-electron chi connectivity index (χ0n) is 9.19. The van der Waals surface area contributed by atoms with Crippen molar-refractivity contribution in [3.05, 3.63) is 30.1 Å². The van der Waals surface area contributed by atoms with Gasteiger partial charge in [-0.3, -0.25) is 0 Å². The molecule has 1 fully saturated rings. The minimum atomic E-state index is -0.220. The van der Waals surface area contributed by atoms with E-state index in [2.05, 4.69) is 5.32 Å². The molecular formula is C12H17FN2O. The third-order valence-electron chi connectivity index (χ3n) is 2.95. The van der Waals surface area contributed by atoms with Crippen LogP contribution in [0.5, 0.6) is 0 Å². The lowest BCUT2D eigenvalue weighted by atomic mass is 10.2. The van der Waals surface area contributed by atoms with Gasteiger partial charge in [-0.05, 0) is 25.1 Å². The van der Waals surface area contributed by atoms with Gasteiger partial charge < -0.3 is 15.3 Å². The number of nitrogens with one attached hydrogen (secondary N) is 1. The average molecular weight is 224 g/mol. The number of para-hydroxylation sites is 1. The van der Waals surface area contributed by atoms with Crippen molar-refractivity contribution in [1.82, 2.24) is 5.32 Å². The zero-order chi connectivity index (χ0) is 11.4. The van der Waals surface area contributed by atoms with Crippen molar-refractivity contribution in [2.75, 3.05) is 31.1 Å². The van der Waals surface area contributed by atoms with Gasteiger partial charge in [0.05, 0.1) is 18.3 Å². The number of benzene rings is 1. The molecule has 2 N–H and O–H groups in total. The predicted octanol–water partition coefficient (Wildman–Crippen LogP) is 0.986. The highest BCUT2D eigenvalue weighted by Crippen LogP contribution is 2.21. The van der Waals surface area contributed by atoms with Crippen LogP contribution >= 0.6 is 0 Å². The summed E-state index contributed by atoms with van der Waals surface area (Å²) in [5.74, 6) is -0.220. The number of halogens is 1. The molecule has 4 heteroatoms. The van der Waals surface area contributed by atoms with E-state index in [9.17, 15) is 9.50 Å². The van der Waals surface area contributed by atoms with Crippen molar-refractivity contribution in [1.29, 1.82) is 0 Å². The van der Waals surface area contributed by atoms with Gasteiger partial charge in [-0.2, -0.15) is 0 Å². The summed E-state index contributed by atoms with van der Waals surface area (Å²) in [4.78, 5) is 1.95. The molecular weight excluding hydrogens is 207 g/mol. The van der Waals surface area contributed by atoms with E-state index in [-0.39, 0.29) is 18.5 Å². The average Bonchev–Trinajstić information content (AvgIpc) is 2.54. The van der Waals surface area contributed by atoms with E-state index in [0.717, 1.165) is 19.5 Å². The number of nitrogens with zero attached hydrogens (tertiary/aromatic N) is 1. The van der Waals surface area contributed by atoms with Gasteiger partial charge in [0.25, 0.3) is 0 Å². The van der Waals surface area contributed by atoms with E-state index in [1.54, 1.807) is 12.1 Å². The number of rotatable bonds is 2. The van der Waals surface area contributed by atoms with Crippen LogP contribution in [0.4, 0.5) is 10.1 Å². The molecule has 0 amide bonds. The van der Waals surface area contributed by atoms with Gasteiger partial charge in [-0.25, -0.2) is 4.39 Å². The fraction of sp³-hybridized carbons (Fsp3) is 0.500. The van der Waals surface area contributed by atoms with Crippen LogP contribution in [0.3, 0.4) is 0 Å². The van der Waals surface area contributed by atoms with Gasteiger partial charge in [-0.1, -0.05) is 12.1 Å². The summed E-state index contributed by atoms with van der Waals surface area (Å²) in [5, 5.41) is 12.6. The smallest absolute Gasteiger partial charge is 0.146 e. The van der Waals surface area contributed by atoms with Gasteiger partial charge in [-0.15, -0.1) is 0 Å². The minimum Gasteiger partial charge on any atom is -0.394 e. The van der Waals surface area contributed by atoms with E-state index in [1.807, 2.05) is 11.0 Å². The number of anilines is 1. The summed E-state index contributed by atoms with van der Waals surface area (Å²) in [6, 6.07) is 6.69.